The van der Waals surface area contributed by atoms with Gasteiger partial charge in [-0.1, -0.05) is 18.2 Å². The van der Waals surface area contributed by atoms with Gasteiger partial charge in [-0.3, -0.25) is 5.32 Å². The van der Waals surface area contributed by atoms with Gasteiger partial charge in [0.05, 0.1) is 12.8 Å². The fourth-order valence-corrected chi connectivity index (χ4v) is 2.74. The van der Waals surface area contributed by atoms with E-state index in [4.69, 9.17) is 4.74 Å². The number of nitrogens with zero attached hydrogens (tertiary/aromatic N) is 4. The van der Waals surface area contributed by atoms with Crippen LogP contribution in [0.5, 0.6) is 0 Å². The molecule has 1 aliphatic heterocycles. The van der Waals surface area contributed by atoms with Gasteiger partial charge < -0.3 is 14.5 Å². The number of para-hydroxylation sites is 1. The zero-order chi connectivity index (χ0) is 17.6. The molecule has 3 rings (SSSR count). The van der Waals surface area contributed by atoms with Crippen LogP contribution in [-0.2, 0) is 4.74 Å². The van der Waals surface area contributed by atoms with Gasteiger partial charge in [0.2, 0.25) is 0 Å². The van der Waals surface area contributed by atoms with Crippen LogP contribution in [0.4, 0.5) is 15.4 Å². The third kappa shape index (κ3) is 4.09. The maximum atomic E-state index is 12.4. The SMILES string of the molecule is COC(=O)N1CCCN(C(=O)Nc2ccn(-c3ccccc3)n2)CC1. The molecule has 2 aromatic rings. The second-order valence-electron chi connectivity index (χ2n) is 5.71. The summed E-state index contributed by atoms with van der Waals surface area (Å²) in [5.41, 5.74) is 0.923. The Kier molecular flexibility index (Phi) is 5.17. The second-order valence-corrected chi connectivity index (χ2v) is 5.71. The van der Waals surface area contributed by atoms with Crippen LogP contribution in [0.1, 0.15) is 6.42 Å². The lowest BCUT2D eigenvalue weighted by atomic mass is 10.3. The van der Waals surface area contributed by atoms with Gasteiger partial charge in [0, 0.05) is 38.4 Å². The van der Waals surface area contributed by atoms with Crippen LogP contribution in [-0.4, -0.2) is 65.0 Å². The molecule has 0 bridgehead atoms. The highest BCUT2D eigenvalue weighted by Gasteiger charge is 2.22. The van der Waals surface area contributed by atoms with Crippen molar-refractivity contribution in [3.8, 4) is 5.69 Å². The molecule has 0 radical (unpaired) electrons. The van der Waals surface area contributed by atoms with E-state index >= 15 is 0 Å². The number of ether oxygens (including phenoxy) is 1. The van der Waals surface area contributed by atoms with E-state index in [9.17, 15) is 9.59 Å². The number of carbonyl (C=O) groups is 2. The molecule has 0 atom stereocenters. The Morgan fingerprint density at radius 2 is 1.76 bits per heavy atom. The number of aromatic nitrogens is 2. The van der Waals surface area contributed by atoms with Gasteiger partial charge in [0.1, 0.15) is 0 Å². The van der Waals surface area contributed by atoms with Gasteiger partial charge in [0.25, 0.3) is 0 Å². The Morgan fingerprint density at radius 1 is 1.04 bits per heavy atom. The summed E-state index contributed by atoms with van der Waals surface area (Å²) in [4.78, 5) is 27.3. The van der Waals surface area contributed by atoms with Crippen LogP contribution in [0.25, 0.3) is 5.69 Å². The molecule has 1 aliphatic rings. The van der Waals surface area contributed by atoms with Gasteiger partial charge in [-0.25, -0.2) is 14.3 Å². The van der Waals surface area contributed by atoms with Gasteiger partial charge in [0.15, 0.2) is 5.82 Å². The summed E-state index contributed by atoms with van der Waals surface area (Å²) >= 11 is 0. The molecule has 0 unspecified atom stereocenters. The summed E-state index contributed by atoms with van der Waals surface area (Å²) in [6.07, 6.45) is 2.15. The van der Waals surface area contributed by atoms with E-state index in [1.54, 1.807) is 26.7 Å². The molecule has 132 valence electrons. The molecule has 8 heteroatoms. The molecule has 25 heavy (non-hydrogen) atoms. The number of anilines is 1. The molecule has 1 fully saturated rings. The second kappa shape index (κ2) is 7.69. The lowest BCUT2D eigenvalue weighted by Crippen LogP contribution is -2.39. The molecule has 0 spiro atoms. The van der Waals surface area contributed by atoms with E-state index in [-0.39, 0.29) is 12.1 Å². The molecular weight excluding hydrogens is 322 g/mol. The van der Waals surface area contributed by atoms with Gasteiger partial charge >= 0.3 is 12.1 Å². The summed E-state index contributed by atoms with van der Waals surface area (Å²) in [7, 11) is 1.36. The lowest BCUT2D eigenvalue weighted by molar-refractivity contribution is 0.125. The van der Waals surface area contributed by atoms with Crippen molar-refractivity contribution in [2.75, 3.05) is 38.6 Å². The highest BCUT2D eigenvalue weighted by atomic mass is 16.5. The van der Waals surface area contributed by atoms with Crippen molar-refractivity contribution in [2.24, 2.45) is 0 Å². The van der Waals surface area contributed by atoms with Gasteiger partial charge in [-0.15, -0.1) is 5.10 Å². The molecular formula is C17H21N5O3. The van der Waals surface area contributed by atoms with Crippen molar-refractivity contribution in [3.05, 3.63) is 42.6 Å². The zero-order valence-electron chi connectivity index (χ0n) is 14.1. The predicted molar refractivity (Wildman–Crippen MR) is 92.8 cm³/mol. The summed E-state index contributed by atoms with van der Waals surface area (Å²) in [5.74, 6) is 0.489. The third-order valence-corrected chi connectivity index (χ3v) is 4.06. The molecule has 1 aromatic heterocycles. The van der Waals surface area contributed by atoms with E-state index in [1.807, 2.05) is 30.3 Å². The number of urea groups is 1. The quantitative estimate of drug-likeness (QED) is 0.906. The monoisotopic (exact) mass is 343 g/mol. The zero-order valence-corrected chi connectivity index (χ0v) is 14.1. The van der Waals surface area contributed by atoms with Crippen LogP contribution in [0, 0.1) is 0 Å². The normalized spacial score (nSPS) is 14.8. The maximum Gasteiger partial charge on any atom is 0.409 e. The van der Waals surface area contributed by atoms with Gasteiger partial charge in [-0.05, 0) is 18.6 Å². The van der Waals surface area contributed by atoms with E-state index in [1.165, 1.54) is 7.11 Å². The first kappa shape index (κ1) is 16.8. The largest absolute Gasteiger partial charge is 0.453 e. The maximum absolute atomic E-state index is 12.4. The van der Waals surface area contributed by atoms with Crippen molar-refractivity contribution < 1.29 is 14.3 Å². The molecule has 2 heterocycles. The average molecular weight is 343 g/mol. The van der Waals surface area contributed by atoms with Crippen molar-refractivity contribution >= 4 is 17.9 Å². The van der Waals surface area contributed by atoms with Crippen LogP contribution in [0.2, 0.25) is 0 Å². The van der Waals surface area contributed by atoms with Crippen molar-refractivity contribution in [2.45, 2.75) is 6.42 Å². The number of carbonyl (C=O) groups excluding carboxylic acids is 2. The van der Waals surface area contributed by atoms with Crippen molar-refractivity contribution in [1.29, 1.82) is 0 Å². The minimum Gasteiger partial charge on any atom is -0.453 e. The lowest BCUT2D eigenvalue weighted by Gasteiger charge is -2.21. The smallest absolute Gasteiger partial charge is 0.409 e. The highest BCUT2D eigenvalue weighted by Crippen LogP contribution is 2.11. The number of nitrogens with one attached hydrogen (secondary N) is 1. The third-order valence-electron chi connectivity index (χ3n) is 4.06. The van der Waals surface area contributed by atoms with Crippen LogP contribution in [0.15, 0.2) is 42.6 Å². The summed E-state index contributed by atoms with van der Waals surface area (Å²) < 4.78 is 6.44. The number of benzene rings is 1. The van der Waals surface area contributed by atoms with E-state index < -0.39 is 0 Å². The summed E-state index contributed by atoms with van der Waals surface area (Å²) in [5, 5.41) is 7.18. The van der Waals surface area contributed by atoms with Crippen molar-refractivity contribution in [1.82, 2.24) is 19.6 Å². The Morgan fingerprint density at radius 3 is 2.52 bits per heavy atom. The Balaban J connectivity index is 1.59. The topological polar surface area (TPSA) is 79.7 Å². The van der Waals surface area contributed by atoms with Gasteiger partial charge in [-0.2, -0.15) is 0 Å². The summed E-state index contributed by atoms with van der Waals surface area (Å²) in [6, 6.07) is 11.2. The molecule has 0 saturated carbocycles. The minimum atomic E-state index is -0.358. The van der Waals surface area contributed by atoms with Crippen LogP contribution in [0.3, 0.4) is 0 Å². The Hall–Kier alpha value is -3.03. The number of amides is 3. The average Bonchev–Trinajstić information content (AvgIpc) is 2.96. The van der Waals surface area contributed by atoms with Crippen LogP contribution < -0.4 is 5.32 Å². The number of rotatable bonds is 2. The Bertz CT molecular complexity index is 731. The highest BCUT2D eigenvalue weighted by molar-refractivity contribution is 5.88. The first-order chi connectivity index (χ1) is 12.2. The fraction of sp³-hybridized carbons (Fsp3) is 0.353. The standard InChI is InChI=1S/C17H21N5O3/c1-25-17(24)21-10-5-9-20(12-13-21)16(23)18-15-8-11-22(19-15)14-6-3-2-4-7-14/h2-4,6-8,11H,5,9-10,12-13H2,1H3,(H,18,19,23). The van der Waals surface area contributed by atoms with Crippen molar-refractivity contribution in [3.63, 3.8) is 0 Å². The first-order valence-corrected chi connectivity index (χ1v) is 8.17. The minimum absolute atomic E-state index is 0.218. The molecule has 0 aliphatic carbocycles. The van der Waals surface area contributed by atoms with E-state index in [0.29, 0.717) is 38.4 Å². The summed E-state index contributed by atoms with van der Waals surface area (Å²) in [6.45, 7) is 2.08. The molecule has 1 N–H and O–H groups in total. The molecule has 1 aromatic carbocycles. The molecule has 8 nitrogen and oxygen atoms in total. The predicted octanol–water partition coefficient (Wildman–Crippen LogP) is 2.18. The molecule has 1 saturated heterocycles. The Labute approximate surface area is 146 Å². The first-order valence-electron chi connectivity index (χ1n) is 8.17. The fourth-order valence-electron chi connectivity index (χ4n) is 2.74. The van der Waals surface area contributed by atoms with E-state index in [0.717, 1.165) is 5.69 Å². The molecule has 3 amide bonds. The van der Waals surface area contributed by atoms with Crippen LogP contribution >= 0.6 is 0 Å². The number of methoxy groups -OCH3 is 1. The van der Waals surface area contributed by atoms with E-state index in [2.05, 4.69) is 10.4 Å². The number of hydrogen-bond donors (Lipinski definition) is 1. The number of hydrogen-bond acceptors (Lipinski definition) is 4.